The topological polar surface area (TPSA) is 12.0 Å². The van der Waals surface area contributed by atoms with Crippen molar-refractivity contribution in [3.63, 3.8) is 0 Å². The molecule has 0 aliphatic rings. The Labute approximate surface area is 106 Å². The summed E-state index contributed by atoms with van der Waals surface area (Å²) in [6.45, 7) is 6.47. The molecule has 1 nitrogen and oxygen atoms in total. The molecule has 16 heavy (non-hydrogen) atoms. The number of rotatable bonds is 3. The minimum Gasteiger partial charge on any atom is -0.316 e. The summed E-state index contributed by atoms with van der Waals surface area (Å²) in [6, 6.07) is 5.51. The summed E-state index contributed by atoms with van der Waals surface area (Å²) >= 11 is 3.26. The van der Waals surface area contributed by atoms with Crippen LogP contribution in [0.3, 0.4) is 0 Å². The SMILES string of the molecule is CNC(Cc1ccc(Br)cc1F)C(C)(C)C. The Bertz CT molecular complexity index is 357. The van der Waals surface area contributed by atoms with Crippen molar-refractivity contribution in [2.75, 3.05) is 7.05 Å². The molecular formula is C13H19BrFN. The van der Waals surface area contributed by atoms with Crippen molar-refractivity contribution in [2.24, 2.45) is 5.41 Å². The van der Waals surface area contributed by atoms with E-state index < -0.39 is 0 Å². The Hall–Kier alpha value is -0.410. The standard InChI is InChI=1S/C13H19BrFN/c1-13(2,3)12(16-4)7-9-5-6-10(14)8-11(9)15/h5-6,8,12,16H,7H2,1-4H3. The molecule has 0 saturated carbocycles. The number of halogens is 2. The van der Waals surface area contributed by atoms with Crippen LogP contribution in [-0.2, 0) is 6.42 Å². The first-order chi connectivity index (χ1) is 7.34. The fraction of sp³-hybridized carbons (Fsp3) is 0.538. The highest BCUT2D eigenvalue weighted by molar-refractivity contribution is 9.10. The van der Waals surface area contributed by atoms with Gasteiger partial charge in [-0.25, -0.2) is 4.39 Å². The third-order valence-electron chi connectivity index (χ3n) is 2.83. The van der Waals surface area contributed by atoms with Gasteiger partial charge >= 0.3 is 0 Å². The fourth-order valence-corrected chi connectivity index (χ4v) is 2.08. The van der Waals surface area contributed by atoms with Gasteiger partial charge < -0.3 is 5.32 Å². The van der Waals surface area contributed by atoms with Crippen molar-refractivity contribution >= 4 is 15.9 Å². The van der Waals surface area contributed by atoms with Crippen LogP contribution in [0.25, 0.3) is 0 Å². The molecule has 0 saturated heterocycles. The molecule has 0 spiro atoms. The fourth-order valence-electron chi connectivity index (χ4n) is 1.75. The molecule has 1 atom stereocenters. The van der Waals surface area contributed by atoms with Gasteiger partial charge in [-0.05, 0) is 36.6 Å². The van der Waals surface area contributed by atoms with Crippen molar-refractivity contribution in [1.29, 1.82) is 0 Å². The van der Waals surface area contributed by atoms with Crippen molar-refractivity contribution in [2.45, 2.75) is 33.2 Å². The Morgan fingerprint density at radius 2 is 2.00 bits per heavy atom. The number of nitrogens with one attached hydrogen (secondary N) is 1. The maximum Gasteiger partial charge on any atom is 0.127 e. The summed E-state index contributed by atoms with van der Waals surface area (Å²) < 4.78 is 14.5. The van der Waals surface area contributed by atoms with Gasteiger partial charge in [0.1, 0.15) is 5.82 Å². The normalized spacial score (nSPS) is 13.9. The van der Waals surface area contributed by atoms with E-state index in [-0.39, 0.29) is 17.3 Å². The largest absolute Gasteiger partial charge is 0.316 e. The van der Waals surface area contributed by atoms with Gasteiger partial charge in [-0.15, -0.1) is 0 Å². The summed E-state index contributed by atoms with van der Waals surface area (Å²) in [7, 11) is 1.92. The Balaban J connectivity index is 2.86. The molecular weight excluding hydrogens is 269 g/mol. The zero-order chi connectivity index (χ0) is 12.3. The average molecular weight is 288 g/mol. The van der Waals surface area contributed by atoms with E-state index in [1.807, 2.05) is 19.2 Å². The number of hydrogen-bond donors (Lipinski definition) is 1. The van der Waals surface area contributed by atoms with E-state index in [9.17, 15) is 4.39 Å². The summed E-state index contributed by atoms with van der Waals surface area (Å²) in [5, 5.41) is 3.25. The van der Waals surface area contributed by atoms with E-state index >= 15 is 0 Å². The predicted octanol–water partition coefficient (Wildman–Crippen LogP) is 3.76. The summed E-state index contributed by atoms with van der Waals surface area (Å²) in [5.74, 6) is -0.140. The zero-order valence-electron chi connectivity index (χ0n) is 10.3. The highest BCUT2D eigenvalue weighted by atomic mass is 79.9. The summed E-state index contributed by atoms with van der Waals surface area (Å²) in [5.41, 5.74) is 0.881. The van der Waals surface area contributed by atoms with E-state index in [2.05, 4.69) is 42.0 Å². The predicted molar refractivity (Wildman–Crippen MR) is 70.1 cm³/mol. The maximum absolute atomic E-state index is 13.7. The van der Waals surface area contributed by atoms with Gasteiger partial charge in [-0.2, -0.15) is 0 Å². The van der Waals surface area contributed by atoms with Crippen LogP contribution in [0.15, 0.2) is 22.7 Å². The second-order valence-corrected chi connectivity index (χ2v) is 6.06. The maximum atomic E-state index is 13.7. The molecule has 0 bridgehead atoms. The van der Waals surface area contributed by atoms with E-state index in [1.54, 1.807) is 0 Å². The lowest BCUT2D eigenvalue weighted by Crippen LogP contribution is -2.39. The third-order valence-corrected chi connectivity index (χ3v) is 3.33. The van der Waals surface area contributed by atoms with Gasteiger partial charge in [-0.3, -0.25) is 0 Å². The molecule has 3 heteroatoms. The monoisotopic (exact) mass is 287 g/mol. The van der Waals surface area contributed by atoms with Crippen molar-refractivity contribution in [1.82, 2.24) is 5.32 Å². The minimum atomic E-state index is -0.140. The molecule has 0 amide bonds. The lowest BCUT2D eigenvalue weighted by Gasteiger charge is -2.30. The van der Waals surface area contributed by atoms with Gasteiger partial charge in [0.05, 0.1) is 0 Å². The molecule has 1 aromatic carbocycles. The van der Waals surface area contributed by atoms with E-state index in [0.29, 0.717) is 6.42 Å². The Kier molecular flexibility index (Phi) is 4.51. The van der Waals surface area contributed by atoms with Gasteiger partial charge in [0.2, 0.25) is 0 Å². The first-order valence-corrected chi connectivity index (χ1v) is 6.25. The van der Waals surface area contributed by atoms with Crippen LogP contribution in [0.4, 0.5) is 4.39 Å². The van der Waals surface area contributed by atoms with Gasteiger partial charge in [-0.1, -0.05) is 42.8 Å². The molecule has 0 aromatic heterocycles. The van der Waals surface area contributed by atoms with Crippen LogP contribution in [-0.4, -0.2) is 13.1 Å². The minimum absolute atomic E-state index is 0.119. The highest BCUT2D eigenvalue weighted by Gasteiger charge is 2.24. The number of benzene rings is 1. The van der Waals surface area contributed by atoms with E-state index in [0.717, 1.165) is 10.0 Å². The van der Waals surface area contributed by atoms with Crippen LogP contribution < -0.4 is 5.32 Å². The van der Waals surface area contributed by atoms with Gasteiger partial charge in [0.15, 0.2) is 0 Å². The molecule has 0 heterocycles. The number of likely N-dealkylation sites (N-methyl/N-ethyl adjacent to an activating group) is 1. The molecule has 1 N–H and O–H groups in total. The van der Waals surface area contributed by atoms with Crippen LogP contribution in [0, 0.1) is 11.2 Å². The first kappa shape index (κ1) is 13.7. The average Bonchev–Trinajstić information content (AvgIpc) is 2.14. The summed E-state index contributed by atoms with van der Waals surface area (Å²) in [4.78, 5) is 0. The van der Waals surface area contributed by atoms with E-state index in [4.69, 9.17) is 0 Å². The molecule has 0 aliphatic carbocycles. The van der Waals surface area contributed by atoms with Crippen LogP contribution in [0.1, 0.15) is 26.3 Å². The Morgan fingerprint density at radius 3 is 2.44 bits per heavy atom. The summed E-state index contributed by atoms with van der Waals surface area (Å²) in [6.07, 6.45) is 0.707. The molecule has 1 unspecified atom stereocenters. The first-order valence-electron chi connectivity index (χ1n) is 5.46. The second-order valence-electron chi connectivity index (χ2n) is 5.15. The highest BCUT2D eigenvalue weighted by Crippen LogP contribution is 2.24. The molecule has 0 aliphatic heterocycles. The van der Waals surface area contributed by atoms with Crippen molar-refractivity contribution in [3.8, 4) is 0 Å². The molecule has 1 aromatic rings. The van der Waals surface area contributed by atoms with Crippen LogP contribution >= 0.6 is 15.9 Å². The van der Waals surface area contributed by atoms with E-state index in [1.165, 1.54) is 6.07 Å². The van der Waals surface area contributed by atoms with Gasteiger partial charge in [0, 0.05) is 10.5 Å². The lowest BCUT2D eigenvalue weighted by molar-refractivity contribution is 0.278. The van der Waals surface area contributed by atoms with Crippen molar-refractivity contribution in [3.05, 3.63) is 34.1 Å². The van der Waals surface area contributed by atoms with Crippen LogP contribution in [0.5, 0.6) is 0 Å². The molecule has 90 valence electrons. The number of hydrogen-bond acceptors (Lipinski definition) is 1. The van der Waals surface area contributed by atoms with Gasteiger partial charge in [0.25, 0.3) is 0 Å². The quantitative estimate of drug-likeness (QED) is 0.893. The second kappa shape index (κ2) is 5.28. The molecule has 1 rings (SSSR count). The smallest absolute Gasteiger partial charge is 0.127 e. The van der Waals surface area contributed by atoms with Crippen molar-refractivity contribution < 1.29 is 4.39 Å². The molecule has 0 radical (unpaired) electrons. The Morgan fingerprint density at radius 1 is 1.38 bits per heavy atom. The van der Waals surface area contributed by atoms with Crippen LogP contribution in [0.2, 0.25) is 0 Å². The zero-order valence-corrected chi connectivity index (χ0v) is 11.9. The lowest BCUT2D eigenvalue weighted by atomic mass is 9.83. The molecule has 0 fully saturated rings. The third kappa shape index (κ3) is 3.56.